The molecule has 0 saturated heterocycles. The Hall–Kier alpha value is -4.94. The molecule has 0 unspecified atom stereocenters. The first-order chi connectivity index (χ1) is 19.7. The van der Waals surface area contributed by atoms with E-state index in [4.69, 9.17) is 0 Å². The molecule has 0 radical (unpaired) electrons. The highest BCUT2D eigenvalue weighted by atomic mass is 14.1. The third-order valence-electron chi connectivity index (χ3n) is 7.48. The summed E-state index contributed by atoms with van der Waals surface area (Å²) >= 11 is 0. The van der Waals surface area contributed by atoms with Gasteiger partial charge in [0.15, 0.2) is 0 Å². The fourth-order valence-electron chi connectivity index (χ4n) is 5.41. The zero-order valence-electron chi connectivity index (χ0n) is 23.0. The van der Waals surface area contributed by atoms with Crippen LogP contribution in [-0.2, 0) is 0 Å². The van der Waals surface area contributed by atoms with Crippen molar-refractivity contribution >= 4 is 55.2 Å². The SMILES string of the molecule is CC(/C=C/c1c2ccccc2cc2ccccc12)=C\C=C\C=C(C)\C=C\c1c2ccccc2cc2ccccc12. The number of fused-ring (bicyclic) bond motifs is 4. The molecule has 0 atom stereocenters. The number of hydrogen-bond acceptors (Lipinski definition) is 0. The van der Waals surface area contributed by atoms with E-state index in [0.29, 0.717) is 0 Å². The molecule has 6 rings (SSSR count). The predicted octanol–water partition coefficient (Wildman–Crippen LogP) is 11.5. The molecule has 0 saturated carbocycles. The first-order valence-electron chi connectivity index (χ1n) is 13.9. The second-order valence-corrected chi connectivity index (χ2v) is 10.3. The van der Waals surface area contributed by atoms with E-state index in [0.717, 1.165) is 0 Å². The lowest BCUT2D eigenvalue weighted by atomic mass is 9.96. The summed E-state index contributed by atoms with van der Waals surface area (Å²) in [5.74, 6) is 0. The normalized spacial score (nSPS) is 13.2. The monoisotopic (exact) mass is 512 g/mol. The highest BCUT2D eigenvalue weighted by Crippen LogP contribution is 2.31. The topological polar surface area (TPSA) is 0 Å². The smallest absolute Gasteiger partial charge is 0.00993 e. The van der Waals surface area contributed by atoms with Crippen LogP contribution in [-0.4, -0.2) is 0 Å². The molecular formula is C40H32. The van der Waals surface area contributed by atoms with Crippen molar-refractivity contribution < 1.29 is 0 Å². The molecule has 0 aliphatic carbocycles. The third kappa shape index (κ3) is 5.30. The van der Waals surface area contributed by atoms with E-state index < -0.39 is 0 Å². The molecule has 0 heteroatoms. The second-order valence-electron chi connectivity index (χ2n) is 10.3. The molecule has 192 valence electrons. The standard InChI is InChI=1S/C40H32/c1-29(23-25-39-35-19-9-5-15-31(35)27-32-16-6-10-20-36(32)39)13-3-4-14-30(2)24-26-40-37-21-11-7-17-33(37)28-34-18-8-12-22-38(34)40/h3-28H,1-2H3/b4-3+,25-23+,26-24+,29-13+,30-14+. The summed E-state index contributed by atoms with van der Waals surface area (Å²) < 4.78 is 0. The van der Waals surface area contributed by atoms with Gasteiger partial charge in [0.2, 0.25) is 0 Å². The van der Waals surface area contributed by atoms with E-state index in [-0.39, 0.29) is 0 Å². The summed E-state index contributed by atoms with van der Waals surface area (Å²) in [5, 5.41) is 10.2. The van der Waals surface area contributed by atoms with Crippen LogP contribution in [0.25, 0.3) is 55.2 Å². The first kappa shape index (κ1) is 25.3. The molecule has 0 nitrogen and oxygen atoms in total. The summed E-state index contributed by atoms with van der Waals surface area (Å²) in [5.41, 5.74) is 4.95. The summed E-state index contributed by atoms with van der Waals surface area (Å²) in [7, 11) is 0. The Kier molecular flexibility index (Phi) is 7.24. The molecule has 0 aliphatic rings. The van der Waals surface area contributed by atoms with Crippen LogP contribution < -0.4 is 0 Å². The lowest BCUT2D eigenvalue weighted by Gasteiger charge is -2.08. The molecule has 0 aliphatic heterocycles. The summed E-state index contributed by atoms with van der Waals surface area (Å²) in [6.45, 7) is 4.30. The molecule has 0 spiro atoms. The summed E-state index contributed by atoms with van der Waals surface area (Å²) in [4.78, 5) is 0. The highest BCUT2D eigenvalue weighted by Gasteiger charge is 2.05. The van der Waals surface area contributed by atoms with Gasteiger partial charge in [-0.05, 0) is 80.2 Å². The Balaban J connectivity index is 1.22. The average molecular weight is 513 g/mol. The largest absolute Gasteiger partial charge is 0.0620 e. The average Bonchev–Trinajstić information content (AvgIpc) is 2.99. The molecule has 0 bridgehead atoms. The van der Waals surface area contributed by atoms with Gasteiger partial charge in [-0.2, -0.15) is 0 Å². The van der Waals surface area contributed by atoms with E-state index in [2.05, 4.69) is 172 Å². The van der Waals surface area contributed by atoms with E-state index in [1.165, 1.54) is 65.4 Å². The molecule has 6 aromatic rings. The van der Waals surface area contributed by atoms with Gasteiger partial charge < -0.3 is 0 Å². The lowest BCUT2D eigenvalue weighted by molar-refractivity contribution is 1.52. The number of benzene rings is 6. The maximum Gasteiger partial charge on any atom is -0.00993 e. The van der Waals surface area contributed by atoms with Crippen LogP contribution in [0.15, 0.2) is 157 Å². The van der Waals surface area contributed by atoms with Gasteiger partial charge in [0.25, 0.3) is 0 Å². The number of allylic oxidation sites excluding steroid dienone is 8. The maximum absolute atomic E-state index is 2.28. The number of rotatable bonds is 6. The van der Waals surface area contributed by atoms with Gasteiger partial charge in [-0.3, -0.25) is 0 Å². The third-order valence-corrected chi connectivity index (χ3v) is 7.48. The van der Waals surface area contributed by atoms with Gasteiger partial charge in [0.05, 0.1) is 0 Å². The van der Waals surface area contributed by atoms with Crippen molar-refractivity contribution in [1.82, 2.24) is 0 Å². The zero-order chi connectivity index (χ0) is 27.3. The van der Waals surface area contributed by atoms with Crippen LogP contribution in [0.2, 0.25) is 0 Å². The molecule has 6 aromatic carbocycles. The van der Waals surface area contributed by atoms with Crippen molar-refractivity contribution in [2.24, 2.45) is 0 Å². The minimum atomic E-state index is 1.21. The Morgan fingerprint density at radius 3 is 1.05 bits per heavy atom. The van der Waals surface area contributed by atoms with Crippen molar-refractivity contribution in [3.63, 3.8) is 0 Å². The van der Waals surface area contributed by atoms with E-state index in [9.17, 15) is 0 Å². The van der Waals surface area contributed by atoms with E-state index in [1.54, 1.807) is 0 Å². The predicted molar refractivity (Wildman–Crippen MR) is 178 cm³/mol. The first-order valence-corrected chi connectivity index (χ1v) is 13.9. The lowest BCUT2D eigenvalue weighted by Crippen LogP contribution is -1.83. The van der Waals surface area contributed by atoms with E-state index >= 15 is 0 Å². The fourth-order valence-corrected chi connectivity index (χ4v) is 5.41. The minimum absolute atomic E-state index is 1.21. The van der Waals surface area contributed by atoms with Crippen LogP contribution in [0.4, 0.5) is 0 Å². The van der Waals surface area contributed by atoms with Crippen LogP contribution in [0.3, 0.4) is 0 Å². The molecule has 40 heavy (non-hydrogen) atoms. The van der Waals surface area contributed by atoms with Gasteiger partial charge in [0, 0.05) is 0 Å². The Morgan fingerprint density at radius 1 is 0.425 bits per heavy atom. The van der Waals surface area contributed by atoms with Crippen molar-refractivity contribution in [2.75, 3.05) is 0 Å². The molecule has 0 heterocycles. The van der Waals surface area contributed by atoms with E-state index in [1.807, 2.05) is 0 Å². The molecule has 0 N–H and O–H groups in total. The fraction of sp³-hybridized carbons (Fsp3) is 0.0500. The van der Waals surface area contributed by atoms with Crippen LogP contribution in [0.1, 0.15) is 25.0 Å². The van der Waals surface area contributed by atoms with Crippen molar-refractivity contribution in [3.8, 4) is 0 Å². The molecule has 0 fully saturated rings. The Morgan fingerprint density at radius 2 is 0.725 bits per heavy atom. The Labute approximate surface area is 236 Å². The number of hydrogen-bond donors (Lipinski definition) is 0. The maximum atomic E-state index is 2.28. The molecular weight excluding hydrogens is 480 g/mol. The van der Waals surface area contributed by atoms with Crippen LogP contribution >= 0.6 is 0 Å². The molecule has 0 aromatic heterocycles. The summed E-state index contributed by atoms with van der Waals surface area (Å²) in [6.07, 6.45) is 17.5. The quantitative estimate of drug-likeness (QED) is 0.154. The van der Waals surface area contributed by atoms with Crippen molar-refractivity contribution in [1.29, 1.82) is 0 Å². The van der Waals surface area contributed by atoms with Gasteiger partial charge in [0.1, 0.15) is 0 Å². The van der Waals surface area contributed by atoms with Crippen LogP contribution in [0, 0.1) is 0 Å². The minimum Gasteiger partial charge on any atom is -0.0620 e. The van der Waals surface area contributed by atoms with Gasteiger partial charge in [-0.1, -0.05) is 157 Å². The van der Waals surface area contributed by atoms with Crippen molar-refractivity contribution in [3.05, 3.63) is 168 Å². The molecule has 0 amide bonds. The van der Waals surface area contributed by atoms with Gasteiger partial charge in [-0.15, -0.1) is 0 Å². The van der Waals surface area contributed by atoms with Gasteiger partial charge >= 0.3 is 0 Å². The zero-order valence-corrected chi connectivity index (χ0v) is 23.0. The summed E-state index contributed by atoms with van der Waals surface area (Å²) in [6, 6.07) is 39.1. The van der Waals surface area contributed by atoms with Gasteiger partial charge in [-0.25, -0.2) is 0 Å². The second kappa shape index (κ2) is 11.4. The Bertz CT molecular complexity index is 1750. The highest BCUT2D eigenvalue weighted by molar-refractivity contribution is 6.07. The van der Waals surface area contributed by atoms with Crippen molar-refractivity contribution in [2.45, 2.75) is 13.8 Å². The van der Waals surface area contributed by atoms with Crippen LogP contribution in [0.5, 0.6) is 0 Å².